The first-order valence-electron chi connectivity index (χ1n) is 8.11. The van der Waals surface area contributed by atoms with Crippen molar-refractivity contribution in [3.8, 4) is 0 Å². The number of hydrogen-bond acceptors (Lipinski definition) is 0. The SMILES string of the molecule is CCCCC1=[C-]CC=C1.CC[N-]C.CC[N-]C.CC[N-]C.[Ti+4]. The average molecular weight is 343 g/mol. The first-order chi connectivity index (χ1) is 10.2. The topological polar surface area (TPSA) is 42.3 Å². The maximum absolute atomic E-state index is 3.74. The van der Waals surface area contributed by atoms with E-state index in [-0.39, 0.29) is 21.7 Å². The van der Waals surface area contributed by atoms with Crippen molar-refractivity contribution in [3.63, 3.8) is 0 Å². The Kier molecular flexibility index (Phi) is 44.8. The predicted molar refractivity (Wildman–Crippen MR) is 99.5 cm³/mol. The molecule has 0 heterocycles. The van der Waals surface area contributed by atoms with E-state index in [1.54, 1.807) is 21.1 Å². The zero-order chi connectivity index (χ0) is 16.8. The normalized spacial score (nSPS) is 10.8. The molecule has 0 N–H and O–H groups in total. The second-order valence-corrected chi connectivity index (χ2v) is 4.31. The molecule has 0 saturated carbocycles. The molecule has 1 aliphatic carbocycles. The minimum Gasteiger partial charge on any atom is -0.665 e. The minimum atomic E-state index is 0. The minimum absolute atomic E-state index is 0. The Balaban J connectivity index is -0.000000107. The third-order valence-corrected chi connectivity index (χ3v) is 2.51. The molecule has 22 heavy (non-hydrogen) atoms. The van der Waals surface area contributed by atoms with E-state index in [2.05, 4.69) is 41.1 Å². The number of nitrogens with zero attached hydrogens (tertiary/aromatic N) is 3. The Morgan fingerprint density at radius 2 is 1.32 bits per heavy atom. The molecule has 0 amide bonds. The molecule has 128 valence electrons. The fourth-order valence-electron chi connectivity index (χ4n) is 0.989. The van der Waals surface area contributed by atoms with Crippen LogP contribution in [0.4, 0.5) is 0 Å². The van der Waals surface area contributed by atoms with Crippen molar-refractivity contribution in [3.05, 3.63) is 39.8 Å². The van der Waals surface area contributed by atoms with E-state index < -0.39 is 0 Å². The summed E-state index contributed by atoms with van der Waals surface area (Å²) in [5.74, 6) is 0. The van der Waals surface area contributed by atoms with Gasteiger partial charge in [0, 0.05) is 0 Å². The fraction of sp³-hybridized carbons (Fsp3) is 0.778. The standard InChI is InChI=1S/C9H13.3C3H8N.Ti/c1-2-3-6-9-7-4-5-8-9;3*1-3-4-2;/h4,7H,2-3,5-6H2,1H3;3*3H2,1-2H3;/q4*-1;+4. The molecular weight excluding hydrogens is 306 g/mol. The molecule has 0 spiro atoms. The molecule has 0 atom stereocenters. The molecule has 0 aromatic rings. The van der Waals surface area contributed by atoms with Gasteiger partial charge in [-0.2, -0.15) is 46.9 Å². The Morgan fingerprint density at radius 1 is 0.909 bits per heavy atom. The van der Waals surface area contributed by atoms with Gasteiger partial charge in [-0.25, -0.2) is 11.6 Å². The van der Waals surface area contributed by atoms with Crippen LogP contribution in [0.25, 0.3) is 16.0 Å². The number of unbranched alkanes of at least 4 members (excludes halogenated alkanes) is 1. The van der Waals surface area contributed by atoms with Crippen LogP contribution in [-0.4, -0.2) is 40.8 Å². The van der Waals surface area contributed by atoms with Crippen LogP contribution in [-0.2, 0) is 21.7 Å². The molecule has 1 rings (SSSR count). The van der Waals surface area contributed by atoms with E-state index in [9.17, 15) is 0 Å². The molecule has 0 bridgehead atoms. The zero-order valence-corrected chi connectivity index (χ0v) is 17.5. The number of hydrogen-bond donors (Lipinski definition) is 0. The van der Waals surface area contributed by atoms with E-state index in [4.69, 9.17) is 0 Å². The second kappa shape index (κ2) is 32.9. The van der Waals surface area contributed by atoms with Crippen LogP contribution in [0.2, 0.25) is 0 Å². The van der Waals surface area contributed by atoms with Crippen LogP contribution in [0.5, 0.6) is 0 Å². The summed E-state index contributed by atoms with van der Waals surface area (Å²) in [7, 11) is 5.42. The van der Waals surface area contributed by atoms with Gasteiger partial charge in [-0.3, -0.25) is 6.08 Å². The Labute approximate surface area is 155 Å². The van der Waals surface area contributed by atoms with Crippen molar-refractivity contribution in [2.75, 3.05) is 40.8 Å². The first-order valence-corrected chi connectivity index (χ1v) is 8.11. The quantitative estimate of drug-likeness (QED) is 0.426. The molecular formula is C18H37N3Ti. The molecule has 0 aromatic heterocycles. The van der Waals surface area contributed by atoms with Gasteiger partial charge in [-0.1, -0.05) is 47.0 Å². The summed E-state index contributed by atoms with van der Waals surface area (Å²) < 4.78 is 0. The van der Waals surface area contributed by atoms with Crippen LogP contribution in [0.15, 0.2) is 17.7 Å². The van der Waals surface area contributed by atoms with Gasteiger partial charge < -0.3 is 16.0 Å². The Bertz CT molecular complexity index is 201. The second-order valence-electron chi connectivity index (χ2n) is 4.31. The van der Waals surface area contributed by atoms with Gasteiger partial charge in [0.05, 0.1) is 0 Å². The van der Waals surface area contributed by atoms with Crippen molar-refractivity contribution < 1.29 is 21.7 Å². The summed E-state index contributed by atoms with van der Waals surface area (Å²) in [4.78, 5) is 0. The summed E-state index contributed by atoms with van der Waals surface area (Å²) in [6, 6.07) is 0. The third-order valence-electron chi connectivity index (χ3n) is 2.51. The number of rotatable bonds is 6. The monoisotopic (exact) mass is 343 g/mol. The van der Waals surface area contributed by atoms with Gasteiger partial charge in [0.2, 0.25) is 0 Å². The predicted octanol–water partition coefficient (Wildman–Crippen LogP) is 5.89. The summed E-state index contributed by atoms with van der Waals surface area (Å²) in [6.07, 6.45) is 12.5. The van der Waals surface area contributed by atoms with E-state index >= 15 is 0 Å². The van der Waals surface area contributed by atoms with Gasteiger partial charge in [-0.05, 0) is 0 Å². The van der Waals surface area contributed by atoms with Crippen molar-refractivity contribution >= 4 is 0 Å². The summed E-state index contributed by atoms with van der Waals surface area (Å²) in [6.45, 7) is 11.1. The van der Waals surface area contributed by atoms with Crippen LogP contribution in [0.3, 0.4) is 0 Å². The van der Waals surface area contributed by atoms with Gasteiger partial charge in [-0.15, -0.1) is 6.42 Å². The molecule has 0 fully saturated rings. The average Bonchev–Trinajstić information content (AvgIpc) is 3.07. The Hall–Kier alpha value is 0.0743. The van der Waals surface area contributed by atoms with Crippen molar-refractivity contribution in [2.45, 2.75) is 53.4 Å². The maximum Gasteiger partial charge on any atom is 4.00 e. The van der Waals surface area contributed by atoms with Crippen molar-refractivity contribution in [1.82, 2.24) is 0 Å². The van der Waals surface area contributed by atoms with Gasteiger partial charge >= 0.3 is 21.7 Å². The zero-order valence-electron chi connectivity index (χ0n) is 15.9. The van der Waals surface area contributed by atoms with Crippen molar-refractivity contribution in [1.29, 1.82) is 0 Å². The molecule has 0 unspecified atom stereocenters. The maximum atomic E-state index is 3.74. The summed E-state index contributed by atoms with van der Waals surface area (Å²) in [5.41, 5.74) is 1.41. The van der Waals surface area contributed by atoms with Gasteiger partial charge in [0.15, 0.2) is 0 Å². The molecule has 4 heteroatoms. The van der Waals surface area contributed by atoms with Crippen molar-refractivity contribution in [2.24, 2.45) is 0 Å². The van der Waals surface area contributed by atoms with E-state index in [0.29, 0.717) is 0 Å². The molecule has 0 aromatic carbocycles. The van der Waals surface area contributed by atoms with Gasteiger partial charge in [0.1, 0.15) is 0 Å². The molecule has 0 aliphatic heterocycles. The smallest absolute Gasteiger partial charge is 0.665 e. The molecule has 0 radical (unpaired) electrons. The van der Waals surface area contributed by atoms with Gasteiger partial charge in [0.25, 0.3) is 0 Å². The summed E-state index contributed by atoms with van der Waals surface area (Å²) in [5, 5.41) is 11.2. The van der Waals surface area contributed by atoms with Crippen LogP contribution >= 0.6 is 0 Å². The van der Waals surface area contributed by atoms with Crippen LogP contribution in [0, 0.1) is 6.08 Å². The summed E-state index contributed by atoms with van der Waals surface area (Å²) >= 11 is 0. The number of allylic oxidation sites excluding steroid dienone is 4. The molecule has 0 saturated heterocycles. The largest absolute Gasteiger partial charge is 4.00 e. The fourth-order valence-corrected chi connectivity index (χ4v) is 0.989. The Morgan fingerprint density at radius 3 is 1.55 bits per heavy atom. The van der Waals surface area contributed by atoms with Crippen LogP contribution < -0.4 is 0 Å². The molecule has 1 aliphatic rings. The van der Waals surface area contributed by atoms with E-state index in [1.807, 2.05) is 20.8 Å². The third kappa shape index (κ3) is 36.9. The van der Waals surface area contributed by atoms with Crippen LogP contribution in [0.1, 0.15) is 53.4 Å². The first kappa shape index (κ1) is 30.0. The van der Waals surface area contributed by atoms with E-state index in [1.165, 1.54) is 24.8 Å². The molecule has 3 nitrogen and oxygen atoms in total. The van der Waals surface area contributed by atoms with E-state index in [0.717, 1.165) is 26.1 Å².